The minimum atomic E-state index is -0.985. The van der Waals surface area contributed by atoms with Crippen LogP contribution < -0.4 is 4.74 Å². The molecular weight excluding hydrogens is 238 g/mol. The third-order valence-electron chi connectivity index (χ3n) is 2.47. The maximum Gasteiger partial charge on any atom is 0.136 e. The molecular formula is C14H12F2O2. The third kappa shape index (κ3) is 2.65. The second kappa shape index (κ2) is 5.14. The van der Waals surface area contributed by atoms with E-state index in [0.717, 1.165) is 0 Å². The molecule has 18 heavy (non-hydrogen) atoms. The van der Waals surface area contributed by atoms with E-state index in [1.165, 1.54) is 43.3 Å². The standard InChI is InChI=1S/C14H12F2O2/c1-9(17)14-12(16)3-2-4-13(14)18-11-7-5-10(15)6-8-11/h2-9,17H,1H3/t9-/m1/s1. The first-order valence-corrected chi connectivity index (χ1v) is 5.48. The molecule has 2 aromatic carbocycles. The maximum atomic E-state index is 13.6. The molecule has 1 atom stereocenters. The molecule has 0 radical (unpaired) electrons. The molecule has 0 aliphatic rings. The predicted molar refractivity (Wildman–Crippen MR) is 63.5 cm³/mol. The van der Waals surface area contributed by atoms with Gasteiger partial charge in [0.25, 0.3) is 0 Å². The Kier molecular flexibility index (Phi) is 3.58. The zero-order valence-corrected chi connectivity index (χ0v) is 9.73. The molecule has 0 fully saturated rings. The predicted octanol–water partition coefficient (Wildman–Crippen LogP) is 3.81. The Morgan fingerprint density at radius 2 is 1.72 bits per heavy atom. The molecule has 2 aromatic rings. The number of ether oxygens (including phenoxy) is 1. The van der Waals surface area contributed by atoms with Crippen LogP contribution in [0.15, 0.2) is 42.5 Å². The van der Waals surface area contributed by atoms with Crippen LogP contribution in [0.4, 0.5) is 8.78 Å². The summed E-state index contributed by atoms with van der Waals surface area (Å²) in [6.07, 6.45) is -0.985. The van der Waals surface area contributed by atoms with Crippen molar-refractivity contribution in [1.82, 2.24) is 0 Å². The zero-order valence-electron chi connectivity index (χ0n) is 9.73. The molecule has 0 bridgehead atoms. The summed E-state index contributed by atoms with van der Waals surface area (Å²) in [5.41, 5.74) is 0.0850. The molecule has 0 aromatic heterocycles. The highest BCUT2D eigenvalue weighted by Crippen LogP contribution is 2.31. The summed E-state index contributed by atoms with van der Waals surface area (Å²) in [5.74, 6) is -0.317. The lowest BCUT2D eigenvalue weighted by Crippen LogP contribution is -1.99. The first kappa shape index (κ1) is 12.5. The van der Waals surface area contributed by atoms with Crippen molar-refractivity contribution >= 4 is 0 Å². The molecule has 4 heteroatoms. The molecule has 2 rings (SSSR count). The van der Waals surface area contributed by atoms with E-state index in [1.54, 1.807) is 6.07 Å². The Morgan fingerprint density at radius 3 is 2.33 bits per heavy atom. The van der Waals surface area contributed by atoms with Gasteiger partial charge >= 0.3 is 0 Å². The van der Waals surface area contributed by atoms with Crippen molar-refractivity contribution in [1.29, 1.82) is 0 Å². The minimum absolute atomic E-state index is 0.0850. The summed E-state index contributed by atoms with van der Waals surface area (Å²) in [6, 6.07) is 9.65. The van der Waals surface area contributed by atoms with Gasteiger partial charge in [0.05, 0.1) is 11.7 Å². The highest BCUT2D eigenvalue weighted by molar-refractivity contribution is 5.39. The fourth-order valence-electron chi connectivity index (χ4n) is 1.64. The number of halogens is 2. The molecule has 0 aliphatic heterocycles. The van der Waals surface area contributed by atoms with Crippen molar-refractivity contribution in [2.24, 2.45) is 0 Å². The number of benzene rings is 2. The van der Waals surface area contributed by atoms with E-state index in [9.17, 15) is 13.9 Å². The van der Waals surface area contributed by atoms with Crippen molar-refractivity contribution < 1.29 is 18.6 Å². The van der Waals surface area contributed by atoms with Gasteiger partial charge in [0.1, 0.15) is 23.1 Å². The van der Waals surface area contributed by atoms with Crippen LogP contribution in [0, 0.1) is 11.6 Å². The van der Waals surface area contributed by atoms with E-state index in [0.29, 0.717) is 5.75 Å². The molecule has 0 spiro atoms. The van der Waals surface area contributed by atoms with E-state index in [1.807, 2.05) is 0 Å². The smallest absolute Gasteiger partial charge is 0.136 e. The normalized spacial score (nSPS) is 12.2. The average Bonchev–Trinajstić information content (AvgIpc) is 2.32. The fourth-order valence-corrected chi connectivity index (χ4v) is 1.64. The molecule has 0 amide bonds. The molecule has 94 valence electrons. The van der Waals surface area contributed by atoms with Gasteiger partial charge in [0.2, 0.25) is 0 Å². The van der Waals surface area contributed by atoms with E-state index in [2.05, 4.69) is 0 Å². The lowest BCUT2D eigenvalue weighted by Gasteiger charge is -2.13. The molecule has 0 saturated carbocycles. The summed E-state index contributed by atoms with van der Waals surface area (Å²) in [7, 11) is 0. The van der Waals surface area contributed by atoms with Crippen LogP contribution in [-0.4, -0.2) is 5.11 Å². The van der Waals surface area contributed by atoms with Crippen molar-refractivity contribution in [3.05, 3.63) is 59.7 Å². The molecule has 0 saturated heterocycles. The number of hydrogen-bond acceptors (Lipinski definition) is 2. The number of hydrogen-bond donors (Lipinski definition) is 1. The van der Waals surface area contributed by atoms with Crippen molar-refractivity contribution in [2.45, 2.75) is 13.0 Å². The highest BCUT2D eigenvalue weighted by Gasteiger charge is 2.15. The molecule has 2 nitrogen and oxygen atoms in total. The van der Waals surface area contributed by atoms with Gasteiger partial charge < -0.3 is 9.84 Å². The van der Waals surface area contributed by atoms with Crippen LogP contribution in [0.1, 0.15) is 18.6 Å². The first-order chi connectivity index (χ1) is 8.58. The fraction of sp³-hybridized carbons (Fsp3) is 0.143. The average molecular weight is 250 g/mol. The Balaban J connectivity index is 2.34. The summed E-state index contributed by atoms with van der Waals surface area (Å²) >= 11 is 0. The van der Waals surface area contributed by atoms with Gasteiger partial charge in [-0.15, -0.1) is 0 Å². The van der Waals surface area contributed by atoms with E-state index >= 15 is 0 Å². The SMILES string of the molecule is C[C@@H](O)c1c(F)cccc1Oc1ccc(F)cc1. The van der Waals surface area contributed by atoms with E-state index in [-0.39, 0.29) is 17.1 Å². The number of rotatable bonds is 3. The molecule has 1 N–H and O–H groups in total. The Labute approximate surface area is 103 Å². The monoisotopic (exact) mass is 250 g/mol. The minimum Gasteiger partial charge on any atom is -0.457 e. The van der Waals surface area contributed by atoms with Gasteiger partial charge in [-0.1, -0.05) is 6.07 Å². The van der Waals surface area contributed by atoms with Crippen LogP contribution in [-0.2, 0) is 0 Å². The quantitative estimate of drug-likeness (QED) is 0.897. The first-order valence-electron chi connectivity index (χ1n) is 5.48. The molecule has 0 aliphatic carbocycles. The lowest BCUT2D eigenvalue weighted by molar-refractivity contribution is 0.190. The van der Waals surface area contributed by atoms with Gasteiger partial charge in [-0.2, -0.15) is 0 Å². The van der Waals surface area contributed by atoms with Gasteiger partial charge in [-0.3, -0.25) is 0 Å². The zero-order chi connectivity index (χ0) is 13.1. The summed E-state index contributed by atoms with van der Waals surface area (Å²) < 4.78 is 31.7. The second-order valence-corrected chi connectivity index (χ2v) is 3.88. The summed E-state index contributed by atoms with van der Waals surface area (Å²) in [6.45, 7) is 1.45. The van der Waals surface area contributed by atoms with Gasteiger partial charge in [0.15, 0.2) is 0 Å². The number of aliphatic hydroxyl groups excluding tert-OH is 1. The third-order valence-corrected chi connectivity index (χ3v) is 2.47. The van der Waals surface area contributed by atoms with Crippen molar-refractivity contribution in [3.8, 4) is 11.5 Å². The number of aliphatic hydroxyl groups is 1. The highest BCUT2D eigenvalue weighted by atomic mass is 19.1. The molecule has 0 unspecified atom stereocenters. The van der Waals surface area contributed by atoms with Crippen LogP contribution in [0.3, 0.4) is 0 Å². The van der Waals surface area contributed by atoms with Crippen LogP contribution in [0.25, 0.3) is 0 Å². The molecule has 0 heterocycles. The lowest BCUT2D eigenvalue weighted by atomic mass is 10.1. The summed E-state index contributed by atoms with van der Waals surface area (Å²) in [4.78, 5) is 0. The largest absolute Gasteiger partial charge is 0.457 e. The maximum absolute atomic E-state index is 13.6. The Bertz CT molecular complexity index is 536. The van der Waals surface area contributed by atoms with E-state index in [4.69, 9.17) is 4.74 Å². The van der Waals surface area contributed by atoms with Crippen LogP contribution in [0.5, 0.6) is 11.5 Å². The second-order valence-electron chi connectivity index (χ2n) is 3.88. The van der Waals surface area contributed by atoms with Gasteiger partial charge in [-0.25, -0.2) is 8.78 Å². The van der Waals surface area contributed by atoms with Gasteiger partial charge in [0, 0.05) is 0 Å². The van der Waals surface area contributed by atoms with Crippen LogP contribution in [0.2, 0.25) is 0 Å². The Morgan fingerprint density at radius 1 is 1.06 bits per heavy atom. The summed E-state index contributed by atoms with van der Waals surface area (Å²) in [5, 5.41) is 9.53. The van der Waals surface area contributed by atoms with Crippen molar-refractivity contribution in [3.63, 3.8) is 0 Å². The Hall–Kier alpha value is -1.94. The van der Waals surface area contributed by atoms with Crippen LogP contribution >= 0.6 is 0 Å². The van der Waals surface area contributed by atoms with Crippen molar-refractivity contribution in [2.75, 3.05) is 0 Å². The van der Waals surface area contributed by atoms with E-state index < -0.39 is 11.9 Å². The topological polar surface area (TPSA) is 29.5 Å². The van der Waals surface area contributed by atoms with Gasteiger partial charge in [-0.05, 0) is 43.3 Å².